The number of pyridine rings is 1. The first kappa shape index (κ1) is 17.2. The summed E-state index contributed by atoms with van der Waals surface area (Å²) in [7, 11) is 0. The molecule has 0 atom stereocenters. The molecule has 4 nitrogen and oxygen atoms in total. The second kappa shape index (κ2) is 6.76. The van der Waals surface area contributed by atoms with Gasteiger partial charge in [-0.3, -0.25) is 0 Å². The summed E-state index contributed by atoms with van der Waals surface area (Å²) in [6, 6.07) is 8.61. The summed E-state index contributed by atoms with van der Waals surface area (Å²) in [4.78, 5) is 0. The molecule has 1 fully saturated rings. The molecule has 0 spiro atoms. The summed E-state index contributed by atoms with van der Waals surface area (Å²) < 4.78 is 1.99. The lowest BCUT2D eigenvalue weighted by atomic mass is 9.77. The summed E-state index contributed by atoms with van der Waals surface area (Å²) in [5.41, 5.74) is 14.7. The first-order valence-corrected chi connectivity index (χ1v) is 6.62. The Morgan fingerprint density at radius 1 is 1.20 bits per heavy atom. The van der Waals surface area contributed by atoms with Crippen molar-refractivity contribution >= 4 is 30.3 Å². The molecule has 0 radical (unpaired) electrons. The van der Waals surface area contributed by atoms with Crippen molar-refractivity contribution in [2.75, 3.05) is 0 Å². The van der Waals surface area contributed by atoms with E-state index in [2.05, 4.69) is 23.3 Å². The third-order valence-corrected chi connectivity index (χ3v) is 4.06. The fourth-order valence-electron chi connectivity index (χ4n) is 2.89. The maximum Gasteiger partial charge on any atom is 0.0664 e. The molecule has 3 rings (SSSR count). The molecule has 112 valence electrons. The molecule has 1 aliphatic carbocycles. The highest BCUT2D eigenvalue weighted by atomic mass is 35.5. The predicted molar refractivity (Wildman–Crippen MR) is 86.8 cm³/mol. The van der Waals surface area contributed by atoms with E-state index < -0.39 is 0 Å². The van der Waals surface area contributed by atoms with Gasteiger partial charge in [0, 0.05) is 29.9 Å². The van der Waals surface area contributed by atoms with Crippen LogP contribution in [0.25, 0.3) is 5.52 Å². The molecule has 0 bridgehead atoms. The minimum atomic E-state index is -0.115. The van der Waals surface area contributed by atoms with Gasteiger partial charge < -0.3 is 11.5 Å². The number of halogens is 2. The van der Waals surface area contributed by atoms with Crippen LogP contribution in [0.2, 0.25) is 0 Å². The van der Waals surface area contributed by atoms with Crippen LogP contribution in [0.15, 0.2) is 30.5 Å². The quantitative estimate of drug-likeness (QED) is 0.893. The van der Waals surface area contributed by atoms with Crippen LogP contribution in [0.3, 0.4) is 0 Å². The molecule has 2 heterocycles. The molecule has 2 aromatic rings. The highest BCUT2D eigenvalue weighted by Gasteiger charge is 2.31. The van der Waals surface area contributed by atoms with Gasteiger partial charge in [0.25, 0.3) is 0 Å². The molecular weight excluding hydrogens is 295 g/mol. The van der Waals surface area contributed by atoms with Crippen LogP contribution in [0.5, 0.6) is 0 Å². The van der Waals surface area contributed by atoms with Crippen molar-refractivity contribution in [1.82, 2.24) is 9.61 Å². The summed E-state index contributed by atoms with van der Waals surface area (Å²) in [6.07, 6.45) is 6.78. The topological polar surface area (TPSA) is 69.3 Å². The monoisotopic (exact) mass is 316 g/mol. The number of rotatable bonds is 2. The van der Waals surface area contributed by atoms with E-state index in [-0.39, 0.29) is 30.4 Å². The van der Waals surface area contributed by atoms with Crippen molar-refractivity contribution in [2.45, 2.75) is 43.7 Å². The molecule has 0 aromatic carbocycles. The van der Waals surface area contributed by atoms with Gasteiger partial charge in [-0.05, 0) is 43.9 Å². The van der Waals surface area contributed by atoms with E-state index in [0.717, 1.165) is 37.6 Å². The van der Waals surface area contributed by atoms with E-state index in [4.69, 9.17) is 11.5 Å². The SMILES string of the molecule is Cl.Cl.NC1CCC(N)(Cc2cccc3ccnn23)CC1. The Labute approximate surface area is 131 Å². The minimum Gasteiger partial charge on any atom is -0.328 e. The highest BCUT2D eigenvalue weighted by Crippen LogP contribution is 2.28. The Bertz CT molecular complexity index is 547. The molecule has 0 aliphatic heterocycles. The van der Waals surface area contributed by atoms with E-state index in [9.17, 15) is 0 Å². The van der Waals surface area contributed by atoms with E-state index >= 15 is 0 Å². The first-order chi connectivity index (χ1) is 8.66. The van der Waals surface area contributed by atoms with Gasteiger partial charge in [0.05, 0.1) is 5.52 Å². The fraction of sp³-hybridized carbons (Fsp3) is 0.500. The van der Waals surface area contributed by atoms with Crippen molar-refractivity contribution in [3.8, 4) is 0 Å². The van der Waals surface area contributed by atoms with Gasteiger partial charge >= 0.3 is 0 Å². The molecule has 0 amide bonds. The second-order valence-corrected chi connectivity index (χ2v) is 5.56. The Morgan fingerprint density at radius 3 is 2.60 bits per heavy atom. The minimum absolute atomic E-state index is 0. The third kappa shape index (κ3) is 3.44. The van der Waals surface area contributed by atoms with Gasteiger partial charge in [0.1, 0.15) is 0 Å². The average molecular weight is 317 g/mol. The number of aromatic nitrogens is 2. The smallest absolute Gasteiger partial charge is 0.0664 e. The van der Waals surface area contributed by atoms with E-state index in [1.54, 1.807) is 0 Å². The van der Waals surface area contributed by atoms with Crippen LogP contribution >= 0.6 is 24.8 Å². The predicted octanol–water partition coefficient (Wildman–Crippen LogP) is 2.32. The largest absolute Gasteiger partial charge is 0.328 e. The molecule has 6 heteroatoms. The summed E-state index contributed by atoms with van der Waals surface area (Å²) in [6.45, 7) is 0. The summed E-state index contributed by atoms with van der Waals surface area (Å²) >= 11 is 0. The second-order valence-electron chi connectivity index (χ2n) is 5.56. The lowest BCUT2D eigenvalue weighted by Crippen LogP contribution is -2.48. The molecule has 4 N–H and O–H groups in total. The Hall–Kier alpha value is -0.810. The normalized spacial score (nSPS) is 25.8. The maximum atomic E-state index is 6.52. The zero-order valence-electron chi connectivity index (χ0n) is 11.4. The fourth-order valence-corrected chi connectivity index (χ4v) is 2.89. The summed E-state index contributed by atoms with van der Waals surface area (Å²) in [5, 5.41) is 4.37. The van der Waals surface area contributed by atoms with Gasteiger partial charge in [-0.15, -0.1) is 24.8 Å². The van der Waals surface area contributed by atoms with Crippen LogP contribution in [-0.2, 0) is 6.42 Å². The van der Waals surface area contributed by atoms with Crippen LogP contribution < -0.4 is 11.5 Å². The molecule has 1 saturated carbocycles. The molecule has 20 heavy (non-hydrogen) atoms. The molecular formula is C14H22Cl2N4. The van der Waals surface area contributed by atoms with Gasteiger partial charge in [-0.25, -0.2) is 4.52 Å². The average Bonchev–Trinajstić information content (AvgIpc) is 2.83. The van der Waals surface area contributed by atoms with Gasteiger partial charge in [0.15, 0.2) is 0 Å². The molecule has 1 aliphatic rings. The van der Waals surface area contributed by atoms with Crippen molar-refractivity contribution in [3.63, 3.8) is 0 Å². The highest BCUT2D eigenvalue weighted by molar-refractivity contribution is 5.85. The van der Waals surface area contributed by atoms with Crippen molar-refractivity contribution in [3.05, 3.63) is 36.2 Å². The molecule has 0 unspecified atom stereocenters. The van der Waals surface area contributed by atoms with Crippen molar-refractivity contribution in [2.24, 2.45) is 11.5 Å². The number of nitrogens with two attached hydrogens (primary N) is 2. The van der Waals surface area contributed by atoms with Crippen LogP contribution in [0, 0.1) is 0 Å². The van der Waals surface area contributed by atoms with E-state index in [1.165, 1.54) is 5.69 Å². The third-order valence-electron chi connectivity index (χ3n) is 4.06. The lowest BCUT2D eigenvalue weighted by Gasteiger charge is -2.36. The standard InChI is InChI=1S/C14H20N4.2ClH/c15-11-4-7-14(16,8-5-11)10-13-3-1-2-12-6-9-17-18(12)13;;/h1-3,6,9,11H,4-5,7-8,10,15-16H2;2*1H. The van der Waals surface area contributed by atoms with Gasteiger partial charge in [-0.2, -0.15) is 5.10 Å². The van der Waals surface area contributed by atoms with Crippen LogP contribution in [0.1, 0.15) is 31.4 Å². The Kier molecular flexibility index (Phi) is 5.83. The molecule has 2 aromatic heterocycles. The lowest BCUT2D eigenvalue weighted by molar-refractivity contribution is 0.268. The van der Waals surface area contributed by atoms with E-state index in [0.29, 0.717) is 6.04 Å². The number of hydrogen-bond acceptors (Lipinski definition) is 3. The molecule has 0 saturated heterocycles. The first-order valence-electron chi connectivity index (χ1n) is 6.62. The van der Waals surface area contributed by atoms with Crippen LogP contribution in [-0.4, -0.2) is 21.2 Å². The van der Waals surface area contributed by atoms with Crippen molar-refractivity contribution in [1.29, 1.82) is 0 Å². The Balaban J connectivity index is 0.000001000. The zero-order valence-corrected chi connectivity index (χ0v) is 13.0. The number of hydrogen-bond donors (Lipinski definition) is 2. The number of fused-ring (bicyclic) bond motifs is 1. The van der Waals surface area contributed by atoms with Crippen molar-refractivity contribution < 1.29 is 0 Å². The van der Waals surface area contributed by atoms with Gasteiger partial charge in [-0.1, -0.05) is 6.07 Å². The Morgan fingerprint density at radius 2 is 1.90 bits per heavy atom. The zero-order chi connectivity index (χ0) is 12.6. The number of nitrogens with zero attached hydrogens (tertiary/aromatic N) is 2. The maximum absolute atomic E-state index is 6.52. The van der Waals surface area contributed by atoms with E-state index in [1.807, 2.05) is 16.8 Å². The van der Waals surface area contributed by atoms with Crippen LogP contribution in [0.4, 0.5) is 0 Å². The summed E-state index contributed by atoms with van der Waals surface area (Å²) in [5.74, 6) is 0. The van der Waals surface area contributed by atoms with Gasteiger partial charge in [0.2, 0.25) is 0 Å².